The summed E-state index contributed by atoms with van der Waals surface area (Å²) in [4.78, 5) is 0. The van der Waals surface area contributed by atoms with Gasteiger partial charge in [0, 0.05) is 6.04 Å². The molecule has 5 N–H and O–H groups in total. The van der Waals surface area contributed by atoms with Crippen molar-refractivity contribution in [1.82, 2.24) is 0 Å². The molecule has 11 heavy (non-hydrogen) atoms. The zero-order valence-corrected chi connectivity index (χ0v) is 6.62. The van der Waals surface area contributed by atoms with Gasteiger partial charge in [0.15, 0.2) is 5.88 Å². The van der Waals surface area contributed by atoms with Gasteiger partial charge in [0.05, 0.1) is 0 Å². The van der Waals surface area contributed by atoms with E-state index in [1.807, 2.05) is 6.92 Å². The Hall–Kier alpha value is -1.22. The molecule has 0 aliphatic rings. The Labute approximate surface area is 66.7 Å². The fourth-order valence-electron chi connectivity index (χ4n) is 0.422. The first kappa shape index (κ1) is 9.78. The number of nitrogens with two attached hydrogens (primary N) is 2. The lowest BCUT2D eigenvalue weighted by Crippen LogP contribution is -2.15. The van der Waals surface area contributed by atoms with E-state index in [0.29, 0.717) is 0 Å². The van der Waals surface area contributed by atoms with E-state index in [9.17, 15) is 0 Å². The van der Waals surface area contributed by atoms with Gasteiger partial charge in [0.1, 0.15) is 0 Å². The first-order chi connectivity index (χ1) is 5.04. The van der Waals surface area contributed by atoms with Gasteiger partial charge >= 0.3 is 0 Å². The van der Waals surface area contributed by atoms with Crippen LogP contribution >= 0.6 is 0 Å². The van der Waals surface area contributed by atoms with Gasteiger partial charge < -0.3 is 16.6 Å². The van der Waals surface area contributed by atoms with Crippen LogP contribution in [0.25, 0.3) is 0 Å². The second-order valence-electron chi connectivity index (χ2n) is 2.31. The third-order valence-corrected chi connectivity index (χ3v) is 1.16. The van der Waals surface area contributed by atoms with Gasteiger partial charge in [-0.05, 0) is 18.6 Å². The Bertz CT molecular complexity index is 188. The molecule has 0 rings (SSSR count). The summed E-state index contributed by atoms with van der Waals surface area (Å²) in [5, 5.41) is 8.53. The van der Waals surface area contributed by atoms with Gasteiger partial charge in [-0.25, -0.2) is 0 Å². The molecule has 0 radical (unpaired) electrons. The van der Waals surface area contributed by atoms with E-state index in [-0.39, 0.29) is 11.9 Å². The van der Waals surface area contributed by atoms with Crippen molar-refractivity contribution in [3.63, 3.8) is 0 Å². The third-order valence-electron chi connectivity index (χ3n) is 1.16. The second kappa shape index (κ2) is 4.57. The van der Waals surface area contributed by atoms with Crippen molar-refractivity contribution in [1.29, 1.82) is 0 Å². The average molecular weight is 154 g/mol. The van der Waals surface area contributed by atoms with Crippen molar-refractivity contribution in [2.75, 3.05) is 0 Å². The van der Waals surface area contributed by atoms with E-state index < -0.39 is 0 Å². The van der Waals surface area contributed by atoms with Gasteiger partial charge in [0.2, 0.25) is 0 Å². The molecule has 0 amide bonds. The molecule has 3 nitrogen and oxygen atoms in total. The van der Waals surface area contributed by atoms with E-state index in [2.05, 4.69) is 6.58 Å². The van der Waals surface area contributed by atoms with E-state index in [1.54, 1.807) is 12.2 Å². The van der Waals surface area contributed by atoms with E-state index in [4.69, 9.17) is 16.6 Å². The number of aliphatic hydroxyl groups is 1. The van der Waals surface area contributed by atoms with Crippen LogP contribution in [0, 0.1) is 0 Å². The van der Waals surface area contributed by atoms with E-state index in [0.717, 1.165) is 5.57 Å². The molecule has 0 heterocycles. The molecular formula is C8H14N2O. The fraction of sp³-hybridized carbons (Fsp3) is 0.250. The maximum atomic E-state index is 8.53. The molecular weight excluding hydrogens is 140 g/mol. The lowest BCUT2D eigenvalue weighted by Gasteiger charge is -2.01. The highest BCUT2D eigenvalue weighted by atomic mass is 16.3. The molecule has 0 spiro atoms. The summed E-state index contributed by atoms with van der Waals surface area (Å²) < 4.78 is 0. The largest absolute Gasteiger partial charge is 0.495 e. The van der Waals surface area contributed by atoms with Crippen LogP contribution < -0.4 is 11.5 Å². The Morgan fingerprint density at radius 1 is 1.64 bits per heavy atom. The summed E-state index contributed by atoms with van der Waals surface area (Å²) in [7, 11) is 0. The van der Waals surface area contributed by atoms with Crippen LogP contribution in [-0.4, -0.2) is 11.1 Å². The van der Waals surface area contributed by atoms with Crippen molar-refractivity contribution in [2.45, 2.75) is 13.0 Å². The first-order valence-corrected chi connectivity index (χ1v) is 3.31. The Balaban J connectivity index is 3.95. The Kier molecular flexibility index (Phi) is 4.07. The van der Waals surface area contributed by atoms with Crippen molar-refractivity contribution in [3.05, 3.63) is 36.3 Å². The predicted octanol–water partition coefficient (Wildman–Crippen LogP) is 0.804. The minimum absolute atomic E-state index is 0.0698. The molecule has 0 aromatic carbocycles. The van der Waals surface area contributed by atoms with Crippen LogP contribution in [0.5, 0.6) is 0 Å². The van der Waals surface area contributed by atoms with Gasteiger partial charge in [-0.15, -0.1) is 0 Å². The molecule has 0 aliphatic carbocycles. The summed E-state index contributed by atoms with van der Waals surface area (Å²) in [6.45, 7) is 5.52. The summed E-state index contributed by atoms with van der Waals surface area (Å²) >= 11 is 0. The molecule has 1 atom stereocenters. The van der Waals surface area contributed by atoms with E-state index >= 15 is 0 Å². The standard InChI is InChI=1S/C8H14N2O/c1-6(7(2)9)4-3-5-8(10)11/h3-5,7,11H,1,9-10H2,2H3/b4-3-,8-5+. The number of allylic oxidation sites excluding steroid dienone is 2. The monoisotopic (exact) mass is 154 g/mol. The molecule has 0 bridgehead atoms. The normalized spacial score (nSPS) is 15.3. The Morgan fingerprint density at radius 2 is 2.18 bits per heavy atom. The van der Waals surface area contributed by atoms with E-state index in [1.165, 1.54) is 6.08 Å². The topological polar surface area (TPSA) is 72.3 Å². The highest BCUT2D eigenvalue weighted by molar-refractivity contribution is 5.23. The smallest absolute Gasteiger partial charge is 0.181 e. The molecule has 0 saturated carbocycles. The van der Waals surface area contributed by atoms with Crippen LogP contribution in [-0.2, 0) is 0 Å². The lowest BCUT2D eigenvalue weighted by molar-refractivity contribution is 0.406. The molecule has 3 heteroatoms. The molecule has 62 valence electrons. The van der Waals surface area contributed by atoms with Crippen molar-refractivity contribution >= 4 is 0 Å². The zero-order chi connectivity index (χ0) is 8.85. The number of rotatable bonds is 3. The number of hydrogen-bond acceptors (Lipinski definition) is 3. The van der Waals surface area contributed by atoms with Gasteiger partial charge in [0.25, 0.3) is 0 Å². The van der Waals surface area contributed by atoms with Crippen molar-refractivity contribution < 1.29 is 5.11 Å². The average Bonchev–Trinajstić information content (AvgIpc) is 1.86. The minimum Gasteiger partial charge on any atom is -0.495 e. The molecule has 0 aromatic rings. The SMILES string of the molecule is C=C(/C=C\C=C(/N)O)C(C)N. The van der Waals surface area contributed by atoms with Crippen molar-refractivity contribution in [3.8, 4) is 0 Å². The summed E-state index contributed by atoms with van der Waals surface area (Å²) in [6.07, 6.45) is 4.67. The molecule has 0 aromatic heterocycles. The summed E-state index contributed by atoms with van der Waals surface area (Å²) in [5.74, 6) is -0.223. The highest BCUT2D eigenvalue weighted by Crippen LogP contribution is 1.97. The quantitative estimate of drug-likeness (QED) is 0.416. The minimum atomic E-state index is -0.223. The number of hydrogen-bond donors (Lipinski definition) is 3. The van der Waals surface area contributed by atoms with Crippen LogP contribution in [0.1, 0.15) is 6.92 Å². The highest BCUT2D eigenvalue weighted by Gasteiger charge is 1.92. The molecule has 0 saturated heterocycles. The van der Waals surface area contributed by atoms with Crippen LogP contribution in [0.3, 0.4) is 0 Å². The van der Waals surface area contributed by atoms with Gasteiger partial charge in [-0.3, -0.25) is 0 Å². The number of aliphatic hydroxyl groups excluding tert-OH is 1. The maximum absolute atomic E-state index is 8.53. The van der Waals surface area contributed by atoms with Crippen molar-refractivity contribution in [2.24, 2.45) is 11.5 Å². The molecule has 1 unspecified atom stereocenters. The first-order valence-electron chi connectivity index (χ1n) is 3.31. The van der Waals surface area contributed by atoms with Crippen LogP contribution in [0.15, 0.2) is 36.3 Å². The predicted molar refractivity (Wildman–Crippen MR) is 46.8 cm³/mol. The van der Waals surface area contributed by atoms with Crippen LogP contribution in [0.2, 0.25) is 0 Å². The van der Waals surface area contributed by atoms with Gasteiger partial charge in [-0.2, -0.15) is 0 Å². The third kappa shape index (κ3) is 5.24. The Morgan fingerprint density at radius 3 is 2.55 bits per heavy atom. The summed E-state index contributed by atoms with van der Waals surface area (Å²) in [6, 6.07) is -0.0698. The zero-order valence-electron chi connectivity index (χ0n) is 6.62. The molecule has 0 aliphatic heterocycles. The summed E-state index contributed by atoms with van der Waals surface area (Å²) in [5.41, 5.74) is 11.2. The second-order valence-corrected chi connectivity index (χ2v) is 2.31. The molecule has 0 fully saturated rings. The van der Waals surface area contributed by atoms with Crippen LogP contribution in [0.4, 0.5) is 0 Å². The van der Waals surface area contributed by atoms with Gasteiger partial charge in [-0.1, -0.05) is 18.7 Å². The lowest BCUT2D eigenvalue weighted by atomic mass is 10.1. The maximum Gasteiger partial charge on any atom is 0.181 e. The fourth-order valence-corrected chi connectivity index (χ4v) is 0.422.